The summed E-state index contributed by atoms with van der Waals surface area (Å²) >= 11 is 0. The van der Waals surface area contributed by atoms with Crippen LogP contribution in [0.4, 0.5) is 0 Å². The van der Waals surface area contributed by atoms with E-state index in [0.29, 0.717) is 19.3 Å². The van der Waals surface area contributed by atoms with Crippen molar-refractivity contribution in [2.24, 2.45) is 51.6 Å². The Labute approximate surface area is 483 Å². The van der Waals surface area contributed by atoms with Crippen LogP contribution in [0.5, 0.6) is 0 Å². The van der Waals surface area contributed by atoms with Crippen molar-refractivity contribution in [1.29, 1.82) is 0 Å². The lowest BCUT2D eigenvalue weighted by Gasteiger charge is -2.28. The van der Waals surface area contributed by atoms with Crippen LogP contribution in [0.3, 0.4) is 0 Å². The smallest absolute Gasteiger partial charge is 0.326 e. The van der Waals surface area contributed by atoms with Gasteiger partial charge in [0.2, 0.25) is 59.1 Å². The van der Waals surface area contributed by atoms with Crippen LogP contribution in [0.25, 0.3) is 0 Å². The summed E-state index contributed by atoms with van der Waals surface area (Å²) in [5.74, 6) is -14.0. The molecule has 0 spiro atoms. The van der Waals surface area contributed by atoms with Crippen molar-refractivity contribution in [1.82, 2.24) is 53.2 Å². The predicted molar refractivity (Wildman–Crippen MR) is 300 cm³/mol. The third-order valence-corrected chi connectivity index (χ3v) is 12.8. The molecule has 0 aromatic carbocycles. The molecule has 0 fully saturated rings. The largest absolute Gasteiger partial charge is 0.481 e. The quantitative estimate of drug-likeness (QED) is 0.0154. The van der Waals surface area contributed by atoms with Crippen molar-refractivity contribution >= 4 is 77.0 Å². The summed E-state index contributed by atoms with van der Waals surface area (Å²) in [6, 6.07) is -14.5. The molecule has 0 aromatic rings. The molecule has 23 N–H and O–H groups in total. The average molecular weight is 1190 g/mol. The first-order chi connectivity index (χ1) is 38.9. The minimum Gasteiger partial charge on any atom is -0.481 e. The molecule has 11 atom stereocenters. The van der Waals surface area contributed by atoms with Gasteiger partial charge in [0.05, 0.1) is 32.4 Å². The van der Waals surface area contributed by atoms with Gasteiger partial charge in [-0.05, 0) is 81.6 Å². The third kappa shape index (κ3) is 30.0. The van der Waals surface area contributed by atoms with Crippen LogP contribution in [0.1, 0.15) is 120 Å². The molecular weight excluding hydrogens is 1090 g/mol. The molecule has 32 nitrogen and oxygen atoms in total. The van der Waals surface area contributed by atoms with Crippen molar-refractivity contribution in [3.05, 3.63) is 0 Å². The zero-order valence-corrected chi connectivity index (χ0v) is 48.8. The monoisotopic (exact) mass is 1190 g/mol. The second-order valence-corrected chi connectivity index (χ2v) is 21.2. The Hall–Kier alpha value is -7.29. The summed E-state index contributed by atoms with van der Waals surface area (Å²) in [4.78, 5) is 161. The van der Waals surface area contributed by atoms with Gasteiger partial charge < -0.3 is 102 Å². The second-order valence-electron chi connectivity index (χ2n) is 21.2. The third-order valence-electron chi connectivity index (χ3n) is 12.8. The number of carbonyl (C=O) groups excluding carboxylic acids is 10. The Morgan fingerprint density at radius 2 is 0.916 bits per heavy atom. The van der Waals surface area contributed by atoms with E-state index < -0.39 is 182 Å². The molecule has 0 aromatic heterocycles. The molecule has 0 unspecified atom stereocenters. The zero-order chi connectivity index (χ0) is 63.7. The lowest BCUT2D eigenvalue weighted by molar-refractivity contribution is -0.144. The Morgan fingerprint density at radius 3 is 1.37 bits per heavy atom. The van der Waals surface area contributed by atoms with Crippen LogP contribution in [-0.4, -0.2) is 202 Å². The van der Waals surface area contributed by atoms with Gasteiger partial charge in [0.1, 0.15) is 54.4 Å². The topological polar surface area (TPSA) is 543 Å². The molecule has 474 valence electrons. The number of amides is 10. The van der Waals surface area contributed by atoms with Crippen LogP contribution in [0.15, 0.2) is 4.99 Å². The van der Waals surface area contributed by atoms with Gasteiger partial charge in [0, 0.05) is 13.0 Å². The fourth-order valence-electron chi connectivity index (χ4n) is 7.86. The molecular formula is C51H93N15O17. The number of nitrogens with one attached hydrogen (secondary N) is 10. The zero-order valence-electron chi connectivity index (χ0n) is 48.8. The van der Waals surface area contributed by atoms with Crippen LogP contribution in [-0.2, 0) is 57.5 Å². The molecule has 0 radical (unpaired) electrons. The summed E-state index contributed by atoms with van der Waals surface area (Å²) in [6.45, 7) is 10.1. The van der Waals surface area contributed by atoms with E-state index in [1.807, 2.05) is 19.2 Å². The maximum absolute atomic E-state index is 14.1. The summed E-state index contributed by atoms with van der Waals surface area (Å²) in [5, 5.41) is 72.5. The highest BCUT2D eigenvalue weighted by Crippen LogP contribution is 2.13. The molecule has 0 rings (SSSR count). The van der Waals surface area contributed by atoms with Crippen molar-refractivity contribution < 1.29 is 83.1 Å². The number of carboxylic acid groups (broad SMARTS) is 2. The molecule has 10 amide bonds. The number of hydrogen-bond acceptors (Lipinski definition) is 18. The normalized spacial score (nSPS) is 15.2. The lowest BCUT2D eigenvalue weighted by atomic mass is 9.97. The number of carbonyl (C=O) groups is 12. The van der Waals surface area contributed by atoms with Crippen LogP contribution in [0, 0.1) is 23.7 Å². The second kappa shape index (κ2) is 40.0. The molecule has 0 aliphatic heterocycles. The molecule has 0 saturated carbocycles. The summed E-state index contributed by atoms with van der Waals surface area (Å²) in [7, 11) is 0. The van der Waals surface area contributed by atoms with Crippen LogP contribution in [0.2, 0.25) is 0 Å². The highest BCUT2D eigenvalue weighted by molar-refractivity contribution is 5.98. The van der Waals surface area contributed by atoms with Crippen molar-refractivity contribution in [3.63, 3.8) is 0 Å². The SMILES string of the molecule is CC[C@H](C)[C@H](NC(=O)[C@H](CCCN=C(N)N)NC(=O)[C@H](CCCCN)NC(=O)[C@H](CO)NC(=O)[C@@H](N)CC(C)C)C(=O)NCC(=O)N[C@@H](CC(C)C)C(=O)N[C@@H](CO)C(=O)N[C@H](C(=O)N[C@@H](CO)C(=O)N[C@@H](CCC(=O)O)C(=O)O)C(C)C. The lowest BCUT2D eigenvalue weighted by Crippen LogP contribution is -2.61. The molecule has 32 heteroatoms. The van der Waals surface area contributed by atoms with Gasteiger partial charge in [-0.25, -0.2) is 4.79 Å². The van der Waals surface area contributed by atoms with E-state index in [2.05, 4.69) is 52.8 Å². The maximum atomic E-state index is 14.1. The van der Waals surface area contributed by atoms with E-state index in [4.69, 9.17) is 28.0 Å². The van der Waals surface area contributed by atoms with Gasteiger partial charge in [-0.2, -0.15) is 0 Å². The molecule has 0 aliphatic carbocycles. The number of nitrogens with zero attached hydrogens (tertiary/aromatic N) is 1. The van der Waals surface area contributed by atoms with E-state index in [1.54, 1.807) is 27.7 Å². The van der Waals surface area contributed by atoms with Crippen LogP contribution >= 0.6 is 0 Å². The number of aliphatic hydroxyl groups excluding tert-OH is 3. The predicted octanol–water partition coefficient (Wildman–Crippen LogP) is -6.30. The highest BCUT2D eigenvalue weighted by Gasteiger charge is 2.36. The van der Waals surface area contributed by atoms with E-state index >= 15 is 0 Å². The first kappa shape index (κ1) is 75.7. The van der Waals surface area contributed by atoms with Gasteiger partial charge >= 0.3 is 11.9 Å². The average Bonchev–Trinajstić information content (AvgIpc) is 3.41. The Bertz CT molecular complexity index is 2180. The molecule has 0 aliphatic rings. The van der Waals surface area contributed by atoms with Gasteiger partial charge in [-0.15, -0.1) is 0 Å². The fraction of sp³-hybridized carbons (Fsp3) is 0.745. The highest BCUT2D eigenvalue weighted by atomic mass is 16.4. The number of hydrogen-bond donors (Lipinski definition) is 19. The number of guanidine groups is 1. The van der Waals surface area contributed by atoms with Gasteiger partial charge in [-0.3, -0.25) is 57.7 Å². The minimum absolute atomic E-state index is 0.0198. The number of aliphatic imine (C=N–C) groups is 1. The first-order valence-electron chi connectivity index (χ1n) is 27.7. The van der Waals surface area contributed by atoms with E-state index in [9.17, 15) is 78.0 Å². The van der Waals surface area contributed by atoms with E-state index in [-0.39, 0.29) is 63.0 Å². The van der Waals surface area contributed by atoms with E-state index in [1.165, 1.54) is 13.8 Å². The van der Waals surface area contributed by atoms with E-state index in [0.717, 1.165) is 0 Å². The molecule has 0 bridgehead atoms. The van der Waals surface area contributed by atoms with Gasteiger partial charge in [0.25, 0.3) is 0 Å². The summed E-state index contributed by atoms with van der Waals surface area (Å²) < 4.78 is 0. The summed E-state index contributed by atoms with van der Waals surface area (Å²) in [6.07, 6.45) is 0.277. The standard InChI is InChI=1S/C51H93N15O17/c1-9-28(8)40(66-43(75)31(14-12-18-56-51(54)55)59-42(74)30(13-10-11-17-52)60-45(77)34(22-67)62-41(73)29(53)19-25(2)3)48(80)57-21-37(70)58-33(20-26(4)5)44(76)63-36(24-69)47(79)65-39(27(6)7)49(81)64-35(23-68)46(78)61-32(50(82)83)15-16-38(71)72/h25-36,39-40,67-69H,9-24,52-53H2,1-8H3,(H,57,80)(H,58,70)(H,59,74)(H,60,77)(H,61,78)(H,62,73)(H,63,76)(H,64,81)(H,65,79)(H,66,75)(H,71,72)(H,82,83)(H4,54,55,56)/t28-,29-,30-,31-,32-,33-,34-,35-,36-,39-,40-/m0/s1. The van der Waals surface area contributed by atoms with Crippen LogP contribution < -0.4 is 76.1 Å². The molecule has 83 heavy (non-hydrogen) atoms. The maximum Gasteiger partial charge on any atom is 0.326 e. The Balaban J connectivity index is 6.36. The fourth-order valence-corrected chi connectivity index (χ4v) is 7.86. The van der Waals surface area contributed by atoms with Crippen molar-refractivity contribution in [3.8, 4) is 0 Å². The molecule has 0 saturated heterocycles. The Kier molecular flexibility index (Phi) is 36.5. The summed E-state index contributed by atoms with van der Waals surface area (Å²) in [5.41, 5.74) is 22.6. The first-order valence-corrected chi connectivity index (χ1v) is 27.7. The number of aliphatic hydroxyl groups is 3. The Morgan fingerprint density at radius 1 is 0.482 bits per heavy atom. The van der Waals surface area contributed by atoms with Gasteiger partial charge in [-0.1, -0.05) is 61.8 Å². The minimum atomic E-state index is -1.76. The van der Waals surface area contributed by atoms with Crippen molar-refractivity contribution in [2.75, 3.05) is 39.5 Å². The number of unbranched alkanes of at least 4 members (excludes halogenated alkanes) is 1. The number of aliphatic carboxylic acids is 2. The number of nitrogens with two attached hydrogens (primary N) is 4. The van der Waals surface area contributed by atoms with Gasteiger partial charge in [0.15, 0.2) is 5.96 Å². The van der Waals surface area contributed by atoms with Crippen molar-refractivity contribution in [2.45, 2.75) is 180 Å². The number of carboxylic acids is 2. The number of rotatable bonds is 42. The molecule has 0 heterocycles.